The Kier molecular flexibility index (Phi) is 8.26. The van der Waals surface area contributed by atoms with Crippen LogP contribution in [0.15, 0.2) is 129 Å². The topological polar surface area (TPSA) is 36.8 Å². The molecule has 0 fully saturated rings. The standard InChI is InChI=1S/C36H41N3/c1-5-6-13-26(2)33-37-34(30-15-8-7-9-16-30)39-35(38-33)31-22-20-28(21-23-31)27-17-12-18-29-14-10-11-19-32(29)36(3,4)25-24-27/h5-8,10-15,17,19-20,22-24,28,33H,9,16,18,21,25H2,1-4H3,(H,37,38,39)/b6-5-,17-12-,26-13+,27-24+. The van der Waals surface area contributed by atoms with Crippen molar-refractivity contribution >= 4 is 11.7 Å². The summed E-state index contributed by atoms with van der Waals surface area (Å²) in [5.74, 6) is 2.14. The molecule has 39 heavy (non-hydrogen) atoms. The normalized spacial score (nSPS) is 27.0. The summed E-state index contributed by atoms with van der Waals surface area (Å²) in [5.41, 5.74) is 7.94. The maximum atomic E-state index is 5.05. The average molecular weight is 516 g/mol. The van der Waals surface area contributed by atoms with Gasteiger partial charge in [0.05, 0.1) is 0 Å². The Bertz CT molecular complexity index is 1400. The number of fused-ring (bicyclic) bond motifs is 1. The summed E-state index contributed by atoms with van der Waals surface area (Å²) in [6, 6.07) is 8.91. The predicted octanol–water partition coefficient (Wildman–Crippen LogP) is 8.42. The zero-order valence-electron chi connectivity index (χ0n) is 23.8. The Morgan fingerprint density at radius 1 is 1.10 bits per heavy atom. The predicted molar refractivity (Wildman–Crippen MR) is 167 cm³/mol. The summed E-state index contributed by atoms with van der Waals surface area (Å²) in [4.78, 5) is 10.1. The molecule has 1 heterocycles. The van der Waals surface area contributed by atoms with Crippen molar-refractivity contribution in [3.63, 3.8) is 0 Å². The number of nitrogens with zero attached hydrogens (tertiary/aromatic N) is 2. The van der Waals surface area contributed by atoms with Gasteiger partial charge in [0.1, 0.15) is 12.0 Å². The first-order chi connectivity index (χ1) is 18.9. The first kappa shape index (κ1) is 26.9. The van der Waals surface area contributed by atoms with Gasteiger partial charge in [-0.1, -0.05) is 111 Å². The lowest BCUT2D eigenvalue weighted by molar-refractivity contribution is 0.527. The Balaban J connectivity index is 1.38. The third-order valence-electron chi connectivity index (χ3n) is 8.07. The van der Waals surface area contributed by atoms with Gasteiger partial charge in [0.15, 0.2) is 5.84 Å². The number of nitrogens with one attached hydrogen (secondary N) is 1. The molecular formula is C36H41N3. The quantitative estimate of drug-likeness (QED) is 0.393. The van der Waals surface area contributed by atoms with Gasteiger partial charge in [0.25, 0.3) is 0 Å². The fourth-order valence-corrected chi connectivity index (χ4v) is 5.65. The molecule has 3 aliphatic carbocycles. The Hall–Kier alpha value is -3.72. The average Bonchev–Trinajstić information content (AvgIpc) is 3.04. The van der Waals surface area contributed by atoms with Gasteiger partial charge in [-0.25, -0.2) is 9.98 Å². The van der Waals surface area contributed by atoms with E-state index in [1.165, 1.54) is 27.8 Å². The maximum Gasteiger partial charge on any atom is 0.159 e. The molecule has 1 N–H and O–H groups in total. The van der Waals surface area contributed by atoms with Gasteiger partial charge < -0.3 is 5.32 Å². The lowest BCUT2D eigenvalue weighted by Gasteiger charge is -2.27. The number of hydrogen-bond donors (Lipinski definition) is 1. The molecule has 1 aromatic carbocycles. The molecule has 1 aliphatic heterocycles. The van der Waals surface area contributed by atoms with Crippen LogP contribution in [0.3, 0.4) is 0 Å². The Morgan fingerprint density at radius 2 is 1.97 bits per heavy atom. The van der Waals surface area contributed by atoms with Crippen LogP contribution < -0.4 is 5.32 Å². The van der Waals surface area contributed by atoms with Crippen LogP contribution in [0.2, 0.25) is 0 Å². The molecule has 0 saturated heterocycles. The van der Waals surface area contributed by atoms with E-state index in [4.69, 9.17) is 9.98 Å². The number of hydrogen-bond acceptors (Lipinski definition) is 3. The molecule has 3 nitrogen and oxygen atoms in total. The van der Waals surface area contributed by atoms with Crippen molar-refractivity contribution in [1.29, 1.82) is 0 Å². The van der Waals surface area contributed by atoms with E-state index in [1.807, 2.05) is 13.0 Å². The molecule has 3 heteroatoms. The molecule has 0 amide bonds. The summed E-state index contributed by atoms with van der Waals surface area (Å²) in [5, 5.41) is 3.58. The highest BCUT2D eigenvalue weighted by molar-refractivity contribution is 6.14. The molecule has 0 aromatic heterocycles. The molecule has 4 aliphatic rings. The van der Waals surface area contributed by atoms with Crippen LogP contribution in [0.1, 0.15) is 64.5 Å². The van der Waals surface area contributed by atoms with Gasteiger partial charge in [0.2, 0.25) is 0 Å². The molecule has 2 unspecified atom stereocenters. The second-order valence-corrected chi connectivity index (χ2v) is 11.5. The minimum absolute atomic E-state index is 0.110. The van der Waals surface area contributed by atoms with Gasteiger partial charge >= 0.3 is 0 Å². The van der Waals surface area contributed by atoms with Crippen molar-refractivity contribution in [3.8, 4) is 0 Å². The number of aliphatic imine (C=N–C) groups is 2. The molecule has 1 aromatic rings. The summed E-state index contributed by atoms with van der Waals surface area (Å²) in [7, 11) is 0. The lowest BCUT2D eigenvalue weighted by atomic mass is 9.78. The Morgan fingerprint density at radius 3 is 2.74 bits per heavy atom. The van der Waals surface area contributed by atoms with Crippen LogP contribution in [0.25, 0.3) is 0 Å². The Labute approximate surface area is 234 Å². The van der Waals surface area contributed by atoms with Gasteiger partial charge in [-0.2, -0.15) is 0 Å². The summed E-state index contributed by atoms with van der Waals surface area (Å²) in [6.07, 6.45) is 31.7. The second kappa shape index (κ2) is 12.0. The van der Waals surface area contributed by atoms with Crippen LogP contribution in [0.5, 0.6) is 0 Å². The van der Waals surface area contributed by atoms with Crippen LogP contribution in [0.4, 0.5) is 0 Å². The smallest absolute Gasteiger partial charge is 0.159 e. The lowest BCUT2D eigenvalue weighted by Crippen LogP contribution is -2.40. The van der Waals surface area contributed by atoms with Gasteiger partial charge in [-0.05, 0) is 79.2 Å². The number of amidine groups is 2. The molecule has 0 spiro atoms. The fourth-order valence-electron chi connectivity index (χ4n) is 5.65. The van der Waals surface area contributed by atoms with Gasteiger partial charge in [0, 0.05) is 11.5 Å². The van der Waals surface area contributed by atoms with E-state index in [9.17, 15) is 0 Å². The van der Waals surface area contributed by atoms with E-state index in [2.05, 4.69) is 117 Å². The van der Waals surface area contributed by atoms with Gasteiger partial charge in [-0.3, -0.25) is 0 Å². The van der Waals surface area contributed by atoms with Crippen molar-refractivity contribution in [2.45, 2.75) is 71.4 Å². The fraction of sp³-hybridized carbons (Fsp3) is 0.333. The molecule has 200 valence electrons. The minimum Gasteiger partial charge on any atom is -0.345 e. The zero-order chi connectivity index (χ0) is 27.2. The monoisotopic (exact) mass is 515 g/mol. The third kappa shape index (κ3) is 6.30. The molecule has 2 atom stereocenters. The first-order valence-corrected chi connectivity index (χ1v) is 14.4. The number of benzene rings is 1. The van der Waals surface area contributed by atoms with Gasteiger partial charge in [-0.15, -0.1) is 0 Å². The van der Waals surface area contributed by atoms with E-state index in [0.29, 0.717) is 5.92 Å². The highest BCUT2D eigenvalue weighted by Crippen LogP contribution is 2.35. The molecular weight excluding hydrogens is 474 g/mol. The molecule has 0 bridgehead atoms. The summed E-state index contributed by atoms with van der Waals surface area (Å²) >= 11 is 0. The van der Waals surface area contributed by atoms with Crippen LogP contribution >= 0.6 is 0 Å². The minimum atomic E-state index is -0.119. The van der Waals surface area contributed by atoms with E-state index < -0.39 is 0 Å². The second-order valence-electron chi connectivity index (χ2n) is 11.5. The summed E-state index contributed by atoms with van der Waals surface area (Å²) < 4.78 is 0. The SMILES string of the molecule is C/C=C\C=C(/C)C1N=C(C2=CCC(C3=C/CC(C)(C)c4ccccc4C/C=C\3)C=C2)N=C(C2=CC=CCC2)N1. The van der Waals surface area contributed by atoms with Crippen molar-refractivity contribution in [2.75, 3.05) is 0 Å². The largest absolute Gasteiger partial charge is 0.345 e. The van der Waals surface area contributed by atoms with Crippen LogP contribution in [-0.4, -0.2) is 17.8 Å². The molecule has 0 saturated carbocycles. The van der Waals surface area contributed by atoms with Crippen molar-refractivity contribution in [2.24, 2.45) is 15.9 Å². The van der Waals surface area contributed by atoms with Crippen molar-refractivity contribution in [1.82, 2.24) is 5.32 Å². The van der Waals surface area contributed by atoms with E-state index in [1.54, 1.807) is 0 Å². The number of allylic oxidation sites excluding steroid dienone is 12. The van der Waals surface area contributed by atoms with Crippen LogP contribution in [-0.2, 0) is 11.8 Å². The maximum absolute atomic E-state index is 5.05. The highest BCUT2D eigenvalue weighted by atomic mass is 15.2. The van der Waals surface area contributed by atoms with E-state index in [0.717, 1.165) is 49.3 Å². The van der Waals surface area contributed by atoms with E-state index >= 15 is 0 Å². The zero-order valence-corrected chi connectivity index (χ0v) is 23.8. The van der Waals surface area contributed by atoms with Crippen molar-refractivity contribution in [3.05, 3.63) is 131 Å². The van der Waals surface area contributed by atoms with E-state index in [-0.39, 0.29) is 11.6 Å². The molecule has 5 rings (SSSR count). The third-order valence-corrected chi connectivity index (χ3v) is 8.07. The summed E-state index contributed by atoms with van der Waals surface area (Å²) in [6.45, 7) is 8.90. The highest BCUT2D eigenvalue weighted by Gasteiger charge is 2.26. The molecule has 0 radical (unpaired) electrons. The van der Waals surface area contributed by atoms with Crippen molar-refractivity contribution < 1.29 is 0 Å². The number of rotatable bonds is 5. The van der Waals surface area contributed by atoms with Crippen LogP contribution in [0, 0.1) is 5.92 Å². The first-order valence-electron chi connectivity index (χ1n) is 14.4.